The van der Waals surface area contributed by atoms with E-state index >= 15 is 0 Å². The van der Waals surface area contributed by atoms with Crippen molar-refractivity contribution in [2.75, 3.05) is 13.1 Å². The molecule has 4 aromatic rings. The topological polar surface area (TPSA) is 99.5 Å². The van der Waals surface area contributed by atoms with Gasteiger partial charge in [0.15, 0.2) is 0 Å². The van der Waals surface area contributed by atoms with E-state index in [9.17, 15) is 19.7 Å². The van der Waals surface area contributed by atoms with Gasteiger partial charge in [-0.1, -0.05) is 54.6 Å². The van der Waals surface area contributed by atoms with Gasteiger partial charge in [-0.15, -0.1) is 0 Å². The fourth-order valence-electron chi connectivity index (χ4n) is 4.61. The van der Waals surface area contributed by atoms with Gasteiger partial charge in [0.2, 0.25) is 5.91 Å². The molecule has 1 N–H and O–H groups in total. The molecule has 37 heavy (non-hydrogen) atoms. The highest BCUT2D eigenvalue weighted by molar-refractivity contribution is 5.97. The predicted octanol–water partition coefficient (Wildman–Crippen LogP) is 4.95. The van der Waals surface area contributed by atoms with Crippen LogP contribution in [0.4, 0.5) is 5.69 Å². The SMILES string of the molecule is O=C(CN(C(=O)c1cccc([N+](=O)[O-])c1)C1CC1)N(CCc1c[nH]c2ccccc12)Cc1ccccc1. The highest BCUT2D eigenvalue weighted by atomic mass is 16.6. The summed E-state index contributed by atoms with van der Waals surface area (Å²) < 4.78 is 0. The van der Waals surface area contributed by atoms with Crippen molar-refractivity contribution in [3.8, 4) is 0 Å². The standard InChI is InChI=1S/C29H28N4O4/c34-28(20-32(24-13-14-24)29(35)22-9-6-10-25(17-22)33(36)37)31(19-21-7-2-1-3-8-21)16-15-23-18-30-27-12-5-4-11-26(23)27/h1-12,17-18,24,30H,13-16,19-20H2. The molecular formula is C29H28N4O4. The maximum absolute atomic E-state index is 13.6. The van der Waals surface area contributed by atoms with Crippen molar-refractivity contribution in [3.05, 3.63) is 112 Å². The van der Waals surface area contributed by atoms with Crippen LogP contribution in [0.2, 0.25) is 0 Å². The lowest BCUT2D eigenvalue weighted by atomic mass is 10.1. The van der Waals surface area contributed by atoms with Gasteiger partial charge in [0.05, 0.1) is 4.92 Å². The van der Waals surface area contributed by atoms with Crippen LogP contribution in [0.25, 0.3) is 10.9 Å². The second-order valence-electron chi connectivity index (χ2n) is 9.38. The number of aromatic nitrogens is 1. The summed E-state index contributed by atoms with van der Waals surface area (Å²) in [6.07, 6.45) is 4.30. The zero-order valence-corrected chi connectivity index (χ0v) is 20.4. The fraction of sp³-hybridized carbons (Fsp3) is 0.241. The number of hydrogen-bond donors (Lipinski definition) is 1. The molecule has 188 valence electrons. The highest BCUT2D eigenvalue weighted by Crippen LogP contribution is 2.29. The van der Waals surface area contributed by atoms with Gasteiger partial charge in [-0.2, -0.15) is 0 Å². The van der Waals surface area contributed by atoms with Gasteiger partial charge in [-0.25, -0.2) is 0 Å². The number of benzene rings is 3. The summed E-state index contributed by atoms with van der Waals surface area (Å²) >= 11 is 0. The lowest BCUT2D eigenvalue weighted by Gasteiger charge is -2.28. The Balaban J connectivity index is 1.35. The van der Waals surface area contributed by atoms with Crippen LogP contribution in [-0.2, 0) is 17.8 Å². The molecule has 0 aliphatic heterocycles. The second kappa shape index (κ2) is 10.7. The average molecular weight is 497 g/mol. The molecule has 0 bridgehead atoms. The minimum Gasteiger partial charge on any atom is -0.361 e. The molecule has 1 aliphatic carbocycles. The minimum atomic E-state index is -0.518. The van der Waals surface area contributed by atoms with E-state index in [1.165, 1.54) is 18.2 Å². The summed E-state index contributed by atoms with van der Waals surface area (Å²) in [5.41, 5.74) is 3.28. The van der Waals surface area contributed by atoms with Crippen molar-refractivity contribution < 1.29 is 14.5 Å². The molecule has 5 rings (SSSR count). The van der Waals surface area contributed by atoms with Crippen molar-refractivity contribution >= 4 is 28.4 Å². The highest BCUT2D eigenvalue weighted by Gasteiger charge is 2.35. The van der Waals surface area contributed by atoms with E-state index in [-0.39, 0.29) is 35.7 Å². The molecule has 0 spiro atoms. The molecule has 0 saturated heterocycles. The van der Waals surface area contributed by atoms with E-state index in [0.29, 0.717) is 19.5 Å². The Labute approximate surface area is 214 Å². The van der Waals surface area contributed by atoms with Crippen LogP contribution in [0, 0.1) is 10.1 Å². The van der Waals surface area contributed by atoms with Crippen molar-refractivity contribution in [3.63, 3.8) is 0 Å². The first-order valence-corrected chi connectivity index (χ1v) is 12.4. The zero-order valence-electron chi connectivity index (χ0n) is 20.4. The molecule has 3 aromatic carbocycles. The molecule has 1 saturated carbocycles. The monoisotopic (exact) mass is 496 g/mol. The van der Waals surface area contributed by atoms with Crippen LogP contribution in [0.3, 0.4) is 0 Å². The number of H-pyrrole nitrogens is 1. The molecule has 1 heterocycles. The molecule has 0 atom stereocenters. The number of para-hydroxylation sites is 1. The maximum atomic E-state index is 13.6. The third kappa shape index (κ3) is 5.69. The summed E-state index contributed by atoms with van der Waals surface area (Å²) in [5, 5.41) is 12.3. The molecule has 0 radical (unpaired) electrons. The van der Waals surface area contributed by atoms with Gasteiger partial charge in [-0.05, 0) is 42.5 Å². The summed E-state index contributed by atoms with van der Waals surface area (Å²) in [6.45, 7) is 0.873. The smallest absolute Gasteiger partial charge is 0.270 e. The van der Waals surface area contributed by atoms with E-state index in [4.69, 9.17) is 0 Å². The van der Waals surface area contributed by atoms with E-state index in [2.05, 4.69) is 11.1 Å². The Morgan fingerprint density at radius 2 is 1.73 bits per heavy atom. The summed E-state index contributed by atoms with van der Waals surface area (Å²) in [5.74, 6) is -0.495. The number of rotatable bonds is 10. The first kappa shape index (κ1) is 24.2. The lowest BCUT2D eigenvalue weighted by Crippen LogP contribution is -2.44. The fourth-order valence-corrected chi connectivity index (χ4v) is 4.61. The molecular weight excluding hydrogens is 468 g/mol. The van der Waals surface area contributed by atoms with Crippen LogP contribution >= 0.6 is 0 Å². The Hall–Kier alpha value is -4.46. The number of carbonyl (C=O) groups excluding carboxylic acids is 2. The minimum absolute atomic E-state index is 0.0251. The van der Waals surface area contributed by atoms with Crippen LogP contribution in [-0.4, -0.2) is 50.7 Å². The first-order valence-electron chi connectivity index (χ1n) is 12.4. The number of hydrogen-bond acceptors (Lipinski definition) is 4. The third-order valence-corrected chi connectivity index (χ3v) is 6.75. The Kier molecular flexibility index (Phi) is 6.98. The van der Waals surface area contributed by atoms with Gasteiger partial charge < -0.3 is 14.8 Å². The van der Waals surface area contributed by atoms with Crippen LogP contribution in [0.1, 0.15) is 34.3 Å². The van der Waals surface area contributed by atoms with Crippen molar-refractivity contribution in [1.29, 1.82) is 0 Å². The van der Waals surface area contributed by atoms with E-state index in [1.807, 2.05) is 54.7 Å². The van der Waals surface area contributed by atoms with Gasteiger partial charge in [-0.3, -0.25) is 19.7 Å². The number of fused-ring (bicyclic) bond motifs is 1. The van der Waals surface area contributed by atoms with Crippen molar-refractivity contribution in [2.24, 2.45) is 0 Å². The van der Waals surface area contributed by atoms with Gasteiger partial charge >= 0.3 is 0 Å². The van der Waals surface area contributed by atoms with E-state index in [0.717, 1.165) is 34.9 Å². The number of nitro benzene ring substituents is 1. The second-order valence-corrected chi connectivity index (χ2v) is 9.38. The Bertz CT molecular complexity index is 1430. The van der Waals surface area contributed by atoms with E-state index in [1.54, 1.807) is 15.9 Å². The zero-order chi connectivity index (χ0) is 25.8. The molecule has 1 aliphatic rings. The molecule has 1 aromatic heterocycles. The van der Waals surface area contributed by atoms with Crippen LogP contribution in [0.15, 0.2) is 85.1 Å². The number of nitrogens with one attached hydrogen (secondary N) is 1. The average Bonchev–Trinajstić information content (AvgIpc) is 3.69. The predicted molar refractivity (Wildman–Crippen MR) is 141 cm³/mol. The number of nitro groups is 1. The first-order chi connectivity index (χ1) is 18.0. The van der Waals surface area contributed by atoms with Crippen molar-refractivity contribution in [1.82, 2.24) is 14.8 Å². The van der Waals surface area contributed by atoms with Gasteiger partial charge in [0.1, 0.15) is 6.54 Å². The number of aromatic amines is 1. The molecule has 8 heteroatoms. The summed E-state index contributed by atoms with van der Waals surface area (Å²) in [4.78, 5) is 44.3. The van der Waals surface area contributed by atoms with Gasteiger partial charge in [0.25, 0.3) is 11.6 Å². The molecule has 2 amide bonds. The molecule has 1 fully saturated rings. The third-order valence-electron chi connectivity index (χ3n) is 6.75. The summed E-state index contributed by atoms with van der Waals surface area (Å²) in [6, 6.07) is 23.6. The number of nitrogens with zero attached hydrogens (tertiary/aromatic N) is 3. The summed E-state index contributed by atoms with van der Waals surface area (Å²) in [7, 11) is 0. The van der Waals surface area contributed by atoms with E-state index < -0.39 is 4.92 Å². The van der Waals surface area contributed by atoms with Crippen LogP contribution < -0.4 is 0 Å². The quantitative estimate of drug-likeness (QED) is 0.248. The number of non-ortho nitro benzene ring substituents is 1. The molecule has 0 unspecified atom stereocenters. The Morgan fingerprint density at radius 1 is 0.973 bits per heavy atom. The Morgan fingerprint density at radius 3 is 2.49 bits per heavy atom. The maximum Gasteiger partial charge on any atom is 0.270 e. The largest absolute Gasteiger partial charge is 0.361 e. The van der Waals surface area contributed by atoms with Crippen molar-refractivity contribution in [2.45, 2.75) is 31.8 Å². The van der Waals surface area contributed by atoms with Gasteiger partial charge in [0, 0.05) is 53.9 Å². The lowest BCUT2D eigenvalue weighted by molar-refractivity contribution is -0.384. The normalized spacial score (nSPS) is 12.9. The molecule has 8 nitrogen and oxygen atoms in total. The number of amides is 2. The number of carbonyl (C=O) groups is 2. The van der Waals surface area contributed by atoms with Crippen LogP contribution in [0.5, 0.6) is 0 Å².